The lowest BCUT2D eigenvalue weighted by Crippen LogP contribution is -2.51. The van der Waals surface area contributed by atoms with Gasteiger partial charge in [0.15, 0.2) is 6.39 Å². The Bertz CT molecular complexity index is 686. The lowest BCUT2D eigenvalue weighted by atomic mass is 10.1. The van der Waals surface area contributed by atoms with Gasteiger partial charge in [-0.3, -0.25) is 9.80 Å². The first kappa shape index (κ1) is 17.9. The molecule has 0 amide bonds. The molecule has 0 radical (unpaired) electrons. The molecule has 25 heavy (non-hydrogen) atoms. The second-order valence-corrected chi connectivity index (χ2v) is 7.04. The molecule has 6 nitrogen and oxygen atoms in total. The minimum Gasteiger partial charge on any atom is -0.481 e. The predicted molar refractivity (Wildman–Crippen MR) is 96.5 cm³/mol. The summed E-state index contributed by atoms with van der Waals surface area (Å²) >= 11 is 0. The number of rotatable bonds is 6. The van der Waals surface area contributed by atoms with Crippen molar-refractivity contribution in [2.45, 2.75) is 45.8 Å². The summed E-state index contributed by atoms with van der Waals surface area (Å²) < 4.78 is 10.8. The average molecular weight is 344 g/mol. The Labute approximate surface area is 149 Å². The third-order valence-corrected chi connectivity index (χ3v) is 4.78. The highest BCUT2D eigenvalue weighted by Gasteiger charge is 2.25. The zero-order valence-electron chi connectivity index (χ0n) is 15.6. The molecular weight excluding hydrogens is 316 g/mol. The van der Waals surface area contributed by atoms with Crippen LogP contribution in [0.2, 0.25) is 0 Å². The molecule has 0 N–H and O–H groups in total. The third kappa shape index (κ3) is 4.38. The number of pyridine rings is 1. The van der Waals surface area contributed by atoms with E-state index in [4.69, 9.17) is 9.15 Å². The molecule has 1 atom stereocenters. The topological polar surface area (TPSA) is 54.6 Å². The van der Waals surface area contributed by atoms with Gasteiger partial charge >= 0.3 is 0 Å². The number of hydrogen-bond donors (Lipinski definition) is 0. The quantitative estimate of drug-likeness (QED) is 0.803. The molecule has 1 unspecified atom stereocenters. The van der Waals surface area contributed by atoms with Gasteiger partial charge in [0.25, 0.3) is 0 Å². The van der Waals surface area contributed by atoms with Crippen LogP contribution in [0, 0.1) is 0 Å². The maximum absolute atomic E-state index is 5.55. The highest BCUT2D eigenvalue weighted by atomic mass is 16.5. The van der Waals surface area contributed by atoms with Crippen molar-refractivity contribution in [1.82, 2.24) is 19.8 Å². The monoisotopic (exact) mass is 344 g/mol. The number of methoxy groups -OCH3 is 1. The second kappa shape index (κ2) is 7.97. The zero-order valence-corrected chi connectivity index (χ0v) is 15.6. The molecule has 1 saturated heterocycles. The van der Waals surface area contributed by atoms with E-state index >= 15 is 0 Å². The lowest BCUT2D eigenvalue weighted by molar-refractivity contribution is 0.0712. The van der Waals surface area contributed by atoms with E-state index in [0.29, 0.717) is 17.8 Å². The van der Waals surface area contributed by atoms with E-state index in [9.17, 15) is 0 Å². The first-order valence-corrected chi connectivity index (χ1v) is 8.95. The minimum absolute atomic E-state index is 0.371. The molecule has 6 heteroatoms. The van der Waals surface area contributed by atoms with E-state index < -0.39 is 0 Å². The Balaban J connectivity index is 1.57. The Morgan fingerprint density at radius 3 is 2.84 bits per heavy atom. The van der Waals surface area contributed by atoms with E-state index in [2.05, 4.69) is 46.6 Å². The van der Waals surface area contributed by atoms with Crippen molar-refractivity contribution >= 4 is 0 Å². The van der Waals surface area contributed by atoms with Crippen molar-refractivity contribution in [3.63, 3.8) is 0 Å². The van der Waals surface area contributed by atoms with Gasteiger partial charge < -0.3 is 9.15 Å². The Morgan fingerprint density at radius 1 is 1.28 bits per heavy atom. The Kier molecular flexibility index (Phi) is 5.71. The molecular formula is C19H28N4O2. The third-order valence-electron chi connectivity index (χ3n) is 4.78. The molecule has 0 aromatic carbocycles. The molecule has 1 aliphatic rings. The van der Waals surface area contributed by atoms with Gasteiger partial charge in [-0.2, -0.15) is 0 Å². The molecule has 0 bridgehead atoms. The van der Waals surface area contributed by atoms with Gasteiger partial charge in [0.1, 0.15) is 5.76 Å². The summed E-state index contributed by atoms with van der Waals surface area (Å²) in [5.74, 6) is 2.06. The Hall–Kier alpha value is -1.92. The van der Waals surface area contributed by atoms with E-state index in [-0.39, 0.29) is 0 Å². The fourth-order valence-electron chi connectivity index (χ4n) is 3.39. The predicted octanol–water partition coefficient (Wildman–Crippen LogP) is 2.91. The summed E-state index contributed by atoms with van der Waals surface area (Å²) in [7, 11) is 1.66. The van der Waals surface area contributed by atoms with E-state index in [1.165, 1.54) is 0 Å². The number of nitrogens with zero attached hydrogens (tertiary/aromatic N) is 4. The largest absolute Gasteiger partial charge is 0.481 e. The van der Waals surface area contributed by atoms with Crippen LogP contribution in [0.1, 0.15) is 43.8 Å². The van der Waals surface area contributed by atoms with Crippen molar-refractivity contribution in [2.75, 3.05) is 26.7 Å². The fourth-order valence-corrected chi connectivity index (χ4v) is 3.39. The van der Waals surface area contributed by atoms with Gasteiger partial charge in [0.05, 0.1) is 18.5 Å². The second-order valence-electron chi connectivity index (χ2n) is 7.04. The number of oxazole rings is 1. The number of piperazine rings is 1. The van der Waals surface area contributed by atoms with Crippen LogP contribution >= 0.6 is 0 Å². The van der Waals surface area contributed by atoms with Crippen molar-refractivity contribution in [3.05, 3.63) is 41.7 Å². The average Bonchev–Trinajstić information content (AvgIpc) is 3.06. The molecule has 2 aromatic rings. The van der Waals surface area contributed by atoms with Gasteiger partial charge in [-0.05, 0) is 13.0 Å². The molecule has 0 aliphatic carbocycles. The van der Waals surface area contributed by atoms with Crippen molar-refractivity contribution in [1.29, 1.82) is 0 Å². The summed E-state index contributed by atoms with van der Waals surface area (Å²) in [6, 6.07) is 6.41. The molecule has 0 spiro atoms. The van der Waals surface area contributed by atoms with Gasteiger partial charge in [0, 0.05) is 50.7 Å². The first-order chi connectivity index (χ1) is 12.1. The highest BCUT2D eigenvalue weighted by molar-refractivity contribution is 5.16. The zero-order chi connectivity index (χ0) is 17.8. The van der Waals surface area contributed by atoms with Crippen LogP contribution in [-0.4, -0.2) is 52.6 Å². The number of ether oxygens (including phenoxy) is 1. The van der Waals surface area contributed by atoms with Crippen LogP contribution in [0.15, 0.2) is 29.0 Å². The summed E-state index contributed by atoms with van der Waals surface area (Å²) in [5.41, 5.74) is 2.13. The van der Waals surface area contributed by atoms with E-state index in [1.807, 2.05) is 12.1 Å². The molecule has 2 aromatic heterocycles. The SMILES string of the molecule is COc1cccc(CN2CCN(Cc3ncoc3C(C)C)CC2C)n1. The first-order valence-electron chi connectivity index (χ1n) is 8.95. The van der Waals surface area contributed by atoms with Gasteiger partial charge in [-0.15, -0.1) is 0 Å². The lowest BCUT2D eigenvalue weighted by Gasteiger charge is -2.39. The van der Waals surface area contributed by atoms with Crippen molar-refractivity contribution < 1.29 is 9.15 Å². The molecule has 0 saturated carbocycles. The maximum Gasteiger partial charge on any atom is 0.213 e. The van der Waals surface area contributed by atoms with Crippen LogP contribution < -0.4 is 4.74 Å². The van der Waals surface area contributed by atoms with Crippen LogP contribution in [0.3, 0.4) is 0 Å². The summed E-state index contributed by atoms with van der Waals surface area (Å²) in [6.45, 7) is 11.4. The molecule has 3 heterocycles. The van der Waals surface area contributed by atoms with Crippen LogP contribution in [0.4, 0.5) is 0 Å². The van der Waals surface area contributed by atoms with E-state index in [0.717, 1.165) is 49.9 Å². The molecule has 136 valence electrons. The normalized spacial score (nSPS) is 19.5. The van der Waals surface area contributed by atoms with Gasteiger partial charge in [-0.1, -0.05) is 19.9 Å². The molecule has 3 rings (SSSR count). The standard InChI is InChI=1S/C19H28N4O2/c1-14(2)19-17(20-13-25-19)12-22-8-9-23(15(3)10-22)11-16-6-5-7-18(21-16)24-4/h5-7,13-15H,8-12H2,1-4H3. The number of hydrogen-bond acceptors (Lipinski definition) is 6. The Morgan fingerprint density at radius 2 is 2.12 bits per heavy atom. The fraction of sp³-hybridized carbons (Fsp3) is 0.579. The van der Waals surface area contributed by atoms with Crippen molar-refractivity contribution in [3.8, 4) is 5.88 Å². The minimum atomic E-state index is 0.371. The molecule has 1 aliphatic heterocycles. The summed E-state index contributed by atoms with van der Waals surface area (Å²) in [4.78, 5) is 13.9. The van der Waals surface area contributed by atoms with Crippen LogP contribution in [0.25, 0.3) is 0 Å². The smallest absolute Gasteiger partial charge is 0.213 e. The number of aromatic nitrogens is 2. The van der Waals surface area contributed by atoms with Crippen LogP contribution in [0.5, 0.6) is 5.88 Å². The summed E-state index contributed by atoms with van der Waals surface area (Å²) in [6.07, 6.45) is 1.57. The highest BCUT2D eigenvalue weighted by Crippen LogP contribution is 2.21. The summed E-state index contributed by atoms with van der Waals surface area (Å²) in [5, 5.41) is 0. The van der Waals surface area contributed by atoms with Crippen LogP contribution in [-0.2, 0) is 13.1 Å². The van der Waals surface area contributed by atoms with Gasteiger partial charge in [0.2, 0.25) is 5.88 Å². The van der Waals surface area contributed by atoms with E-state index in [1.54, 1.807) is 13.5 Å². The van der Waals surface area contributed by atoms with Gasteiger partial charge in [-0.25, -0.2) is 9.97 Å². The maximum atomic E-state index is 5.55. The van der Waals surface area contributed by atoms with Crippen molar-refractivity contribution in [2.24, 2.45) is 0 Å². The molecule has 1 fully saturated rings.